The molecule has 1 aliphatic carbocycles. The summed E-state index contributed by atoms with van der Waals surface area (Å²) in [4.78, 5) is 0. The molecule has 0 saturated carbocycles. The van der Waals surface area contributed by atoms with E-state index in [9.17, 15) is 0 Å². The van der Waals surface area contributed by atoms with Crippen LogP contribution in [-0.2, 0) is 0 Å². The fraction of sp³-hybridized carbons (Fsp3) is 0.167. The molecular formula is C6H8N. The van der Waals surface area contributed by atoms with Gasteiger partial charge in [0, 0.05) is 0 Å². The number of nitrogens with two attached hydrogens (primary N) is 1. The fourth-order valence-corrected chi connectivity index (χ4v) is 0.530. The van der Waals surface area contributed by atoms with Crippen molar-refractivity contribution in [2.24, 2.45) is 5.73 Å². The van der Waals surface area contributed by atoms with Gasteiger partial charge in [0.15, 0.2) is 0 Å². The molecule has 0 aromatic carbocycles. The van der Waals surface area contributed by atoms with Crippen LogP contribution in [0.25, 0.3) is 0 Å². The molecule has 0 fully saturated rings. The van der Waals surface area contributed by atoms with Gasteiger partial charge in [-0.25, -0.2) is 0 Å². The second-order valence-electron chi connectivity index (χ2n) is 1.57. The Morgan fingerprint density at radius 1 is 1.43 bits per heavy atom. The van der Waals surface area contributed by atoms with Crippen LogP contribution in [0.1, 0.15) is 6.42 Å². The number of allylic oxidation sites excluding steroid dienone is 2. The first-order chi connectivity index (χ1) is 3.39. The van der Waals surface area contributed by atoms with Gasteiger partial charge >= 0.3 is 0 Å². The Hall–Kier alpha value is -0.560. The van der Waals surface area contributed by atoms with E-state index in [1.165, 1.54) is 0 Å². The Bertz CT molecular complexity index is 103. The van der Waals surface area contributed by atoms with Gasteiger partial charge in [-0.3, -0.25) is 0 Å². The minimum absolute atomic E-state index is 0.913. The molecule has 1 aliphatic rings. The van der Waals surface area contributed by atoms with E-state index in [-0.39, 0.29) is 0 Å². The van der Waals surface area contributed by atoms with E-state index in [4.69, 9.17) is 5.73 Å². The van der Waals surface area contributed by atoms with E-state index in [0.29, 0.717) is 0 Å². The third-order valence-electron chi connectivity index (χ3n) is 0.911. The summed E-state index contributed by atoms with van der Waals surface area (Å²) in [7, 11) is 0. The van der Waals surface area contributed by atoms with Crippen molar-refractivity contribution in [3.63, 3.8) is 0 Å². The lowest BCUT2D eigenvalue weighted by Gasteiger charge is -2.01. The average Bonchev–Trinajstić information content (AvgIpc) is 1.69. The molecule has 0 aromatic heterocycles. The SMILES string of the molecule is N[C]1C=CC=CC1. The first-order valence-corrected chi connectivity index (χ1v) is 2.34. The molecule has 0 atom stereocenters. The van der Waals surface area contributed by atoms with Gasteiger partial charge in [-0.05, 0) is 6.42 Å². The summed E-state index contributed by atoms with van der Waals surface area (Å²) in [6.07, 6.45) is 8.81. The number of hydrogen-bond donors (Lipinski definition) is 1. The van der Waals surface area contributed by atoms with Crippen LogP contribution >= 0.6 is 0 Å². The summed E-state index contributed by atoms with van der Waals surface area (Å²) in [6, 6.07) is 0.947. The van der Waals surface area contributed by atoms with Gasteiger partial charge in [0.1, 0.15) is 0 Å². The Kier molecular flexibility index (Phi) is 1.27. The van der Waals surface area contributed by atoms with E-state index in [1.54, 1.807) is 0 Å². The Morgan fingerprint density at radius 2 is 2.29 bits per heavy atom. The third-order valence-corrected chi connectivity index (χ3v) is 0.911. The van der Waals surface area contributed by atoms with Gasteiger partial charge in [0.2, 0.25) is 0 Å². The zero-order valence-electron chi connectivity index (χ0n) is 4.09. The topological polar surface area (TPSA) is 26.0 Å². The Morgan fingerprint density at radius 3 is 2.57 bits per heavy atom. The highest BCUT2D eigenvalue weighted by atomic mass is 14.6. The molecule has 7 heavy (non-hydrogen) atoms. The predicted molar refractivity (Wildman–Crippen MR) is 30.3 cm³/mol. The van der Waals surface area contributed by atoms with Gasteiger partial charge in [-0.15, -0.1) is 0 Å². The van der Waals surface area contributed by atoms with Gasteiger partial charge in [-0.2, -0.15) is 0 Å². The third kappa shape index (κ3) is 1.16. The highest BCUT2D eigenvalue weighted by molar-refractivity contribution is 5.20. The van der Waals surface area contributed by atoms with Gasteiger partial charge < -0.3 is 5.73 Å². The Balaban J connectivity index is 2.49. The summed E-state index contributed by atoms with van der Waals surface area (Å²) in [5.41, 5.74) is 5.41. The zero-order chi connectivity index (χ0) is 5.11. The van der Waals surface area contributed by atoms with Crippen molar-refractivity contribution < 1.29 is 0 Å². The molecule has 1 radical (unpaired) electrons. The van der Waals surface area contributed by atoms with E-state index in [2.05, 4.69) is 0 Å². The highest BCUT2D eigenvalue weighted by Gasteiger charge is 1.94. The number of rotatable bonds is 0. The molecule has 0 aliphatic heterocycles. The smallest absolute Gasteiger partial charge is 0.0599 e. The summed E-state index contributed by atoms with van der Waals surface area (Å²) < 4.78 is 0. The summed E-state index contributed by atoms with van der Waals surface area (Å²) in [5, 5.41) is 0. The van der Waals surface area contributed by atoms with E-state index >= 15 is 0 Å². The predicted octanol–water partition coefficient (Wildman–Crippen LogP) is 0.993. The van der Waals surface area contributed by atoms with E-state index < -0.39 is 0 Å². The molecule has 0 spiro atoms. The molecule has 1 heteroatoms. The summed E-state index contributed by atoms with van der Waals surface area (Å²) in [6.45, 7) is 0. The molecule has 0 bridgehead atoms. The maximum absolute atomic E-state index is 5.41. The molecular weight excluding hydrogens is 86.1 g/mol. The quantitative estimate of drug-likeness (QED) is 0.476. The standard InChI is InChI=1S/C6H8N/c7-6-4-2-1-3-5-6/h1-4H,5,7H2. The van der Waals surface area contributed by atoms with Gasteiger partial charge in [-0.1, -0.05) is 24.3 Å². The van der Waals surface area contributed by atoms with Gasteiger partial charge in [0.05, 0.1) is 6.04 Å². The molecule has 0 saturated heterocycles. The van der Waals surface area contributed by atoms with Crippen LogP contribution in [0.5, 0.6) is 0 Å². The summed E-state index contributed by atoms with van der Waals surface area (Å²) >= 11 is 0. The first kappa shape index (κ1) is 4.60. The normalized spacial score (nSPS) is 20.7. The zero-order valence-corrected chi connectivity index (χ0v) is 4.09. The number of hydrogen-bond acceptors (Lipinski definition) is 1. The maximum Gasteiger partial charge on any atom is 0.0599 e. The van der Waals surface area contributed by atoms with E-state index in [0.717, 1.165) is 12.5 Å². The van der Waals surface area contributed by atoms with Gasteiger partial charge in [0.25, 0.3) is 0 Å². The fourth-order valence-electron chi connectivity index (χ4n) is 0.530. The van der Waals surface area contributed by atoms with Crippen LogP contribution in [0, 0.1) is 6.04 Å². The summed E-state index contributed by atoms with van der Waals surface area (Å²) in [5.74, 6) is 0. The molecule has 0 unspecified atom stereocenters. The van der Waals surface area contributed by atoms with Crippen LogP contribution in [-0.4, -0.2) is 0 Å². The van der Waals surface area contributed by atoms with Crippen LogP contribution in [0.4, 0.5) is 0 Å². The molecule has 2 N–H and O–H groups in total. The molecule has 1 nitrogen and oxygen atoms in total. The van der Waals surface area contributed by atoms with Crippen LogP contribution in [0.2, 0.25) is 0 Å². The highest BCUT2D eigenvalue weighted by Crippen LogP contribution is 2.04. The van der Waals surface area contributed by atoms with Crippen LogP contribution in [0.3, 0.4) is 0 Å². The molecule has 0 amide bonds. The minimum atomic E-state index is 0.913. The van der Waals surface area contributed by atoms with Crippen LogP contribution < -0.4 is 5.73 Å². The lowest BCUT2D eigenvalue weighted by atomic mass is 10.1. The molecule has 0 aromatic rings. The van der Waals surface area contributed by atoms with Crippen molar-refractivity contribution in [2.75, 3.05) is 0 Å². The van der Waals surface area contributed by atoms with Crippen molar-refractivity contribution >= 4 is 0 Å². The molecule has 37 valence electrons. The van der Waals surface area contributed by atoms with Crippen molar-refractivity contribution in [1.29, 1.82) is 0 Å². The van der Waals surface area contributed by atoms with E-state index in [1.807, 2.05) is 24.3 Å². The second-order valence-corrected chi connectivity index (χ2v) is 1.57. The van der Waals surface area contributed by atoms with Crippen molar-refractivity contribution in [3.05, 3.63) is 30.3 Å². The molecule has 1 rings (SSSR count). The maximum atomic E-state index is 5.41. The second kappa shape index (κ2) is 1.94. The molecule has 0 heterocycles. The van der Waals surface area contributed by atoms with Crippen molar-refractivity contribution in [3.8, 4) is 0 Å². The average molecular weight is 94.1 g/mol. The first-order valence-electron chi connectivity index (χ1n) is 2.34. The Labute approximate surface area is 43.5 Å². The van der Waals surface area contributed by atoms with Crippen molar-refractivity contribution in [2.45, 2.75) is 6.42 Å². The largest absolute Gasteiger partial charge is 0.320 e. The lowest BCUT2D eigenvalue weighted by molar-refractivity contribution is 1.01. The van der Waals surface area contributed by atoms with Crippen molar-refractivity contribution in [1.82, 2.24) is 0 Å². The monoisotopic (exact) mass is 94.1 g/mol. The van der Waals surface area contributed by atoms with Crippen LogP contribution in [0.15, 0.2) is 24.3 Å². The minimum Gasteiger partial charge on any atom is -0.320 e. The lowest BCUT2D eigenvalue weighted by Crippen LogP contribution is -2.05.